The van der Waals surface area contributed by atoms with Crippen molar-refractivity contribution in [3.63, 3.8) is 0 Å². The van der Waals surface area contributed by atoms with Crippen molar-refractivity contribution in [3.8, 4) is 22.9 Å². The number of halogens is 1. The number of thiophene rings is 1. The number of para-hydroxylation sites is 1. The van der Waals surface area contributed by atoms with E-state index in [9.17, 15) is 9.59 Å². The van der Waals surface area contributed by atoms with Gasteiger partial charge in [-0.05, 0) is 47.8 Å². The lowest BCUT2D eigenvalue weighted by atomic mass is 10.3. The SMILES string of the molecule is O=C(COC(=O)CCc1nc(-c2ccsc2)no1)Nc1ccc(Oc2ccccc2Cl)cc1. The van der Waals surface area contributed by atoms with Crippen LogP contribution in [0.4, 0.5) is 5.69 Å². The minimum absolute atomic E-state index is 0.0205. The van der Waals surface area contributed by atoms with Crippen LogP contribution in [0.3, 0.4) is 0 Å². The maximum absolute atomic E-state index is 12.1. The van der Waals surface area contributed by atoms with E-state index in [2.05, 4.69) is 15.5 Å². The summed E-state index contributed by atoms with van der Waals surface area (Å²) in [7, 11) is 0. The van der Waals surface area contributed by atoms with E-state index < -0.39 is 18.5 Å². The normalized spacial score (nSPS) is 10.6. The molecule has 0 fully saturated rings. The maximum Gasteiger partial charge on any atom is 0.306 e. The molecule has 0 unspecified atom stereocenters. The largest absolute Gasteiger partial charge is 0.456 e. The second-order valence-electron chi connectivity index (χ2n) is 6.79. The summed E-state index contributed by atoms with van der Waals surface area (Å²) in [4.78, 5) is 28.2. The molecule has 0 atom stereocenters. The van der Waals surface area contributed by atoms with Gasteiger partial charge in [-0.25, -0.2) is 0 Å². The molecule has 0 aliphatic rings. The number of carbonyl (C=O) groups excluding carboxylic acids is 2. The fraction of sp³-hybridized carbons (Fsp3) is 0.130. The second kappa shape index (κ2) is 10.8. The van der Waals surface area contributed by atoms with Crippen LogP contribution in [0.5, 0.6) is 11.5 Å². The molecule has 8 nitrogen and oxygen atoms in total. The number of carbonyl (C=O) groups is 2. The first kappa shape index (κ1) is 22.5. The Morgan fingerprint density at radius 3 is 2.67 bits per heavy atom. The van der Waals surface area contributed by atoms with Gasteiger partial charge in [-0.1, -0.05) is 28.9 Å². The van der Waals surface area contributed by atoms with Crippen LogP contribution in [0.2, 0.25) is 5.02 Å². The van der Waals surface area contributed by atoms with Gasteiger partial charge in [0.1, 0.15) is 11.5 Å². The Bertz CT molecular complexity index is 1230. The summed E-state index contributed by atoms with van der Waals surface area (Å²) >= 11 is 7.61. The van der Waals surface area contributed by atoms with Crippen LogP contribution in [-0.4, -0.2) is 28.6 Å². The van der Waals surface area contributed by atoms with Crippen molar-refractivity contribution in [2.24, 2.45) is 0 Å². The Hall–Kier alpha value is -3.69. The lowest BCUT2D eigenvalue weighted by Gasteiger charge is -2.09. The highest BCUT2D eigenvalue weighted by molar-refractivity contribution is 7.08. The summed E-state index contributed by atoms with van der Waals surface area (Å²) in [6, 6.07) is 15.7. The maximum atomic E-state index is 12.1. The quantitative estimate of drug-likeness (QED) is 0.319. The second-order valence-corrected chi connectivity index (χ2v) is 7.98. The van der Waals surface area contributed by atoms with E-state index in [1.54, 1.807) is 36.4 Å². The van der Waals surface area contributed by atoms with E-state index in [4.69, 9.17) is 25.6 Å². The number of esters is 1. The van der Waals surface area contributed by atoms with Crippen LogP contribution in [-0.2, 0) is 20.7 Å². The number of nitrogens with one attached hydrogen (secondary N) is 1. The lowest BCUT2D eigenvalue weighted by molar-refractivity contribution is -0.147. The number of ether oxygens (including phenoxy) is 2. The average Bonchev–Trinajstić information content (AvgIpc) is 3.51. The number of aryl methyl sites for hydroxylation is 1. The van der Waals surface area contributed by atoms with Gasteiger partial charge < -0.3 is 19.3 Å². The zero-order valence-corrected chi connectivity index (χ0v) is 18.8. The Morgan fingerprint density at radius 2 is 1.91 bits per heavy atom. The van der Waals surface area contributed by atoms with E-state index in [0.29, 0.717) is 33.9 Å². The van der Waals surface area contributed by atoms with Crippen molar-refractivity contribution < 1.29 is 23.6 Å². The number of rotatable bonds is 9. The molecule has 0 saturated carbocycles. The molecule has 0 aliphatic heterocycles. The molecule has 0 spiro atoms. The number of hydrogen-bond donors (Lipinski definition) is 1. The predicted octanol–water partition coefficient (Wildman–Crippen LogP) is 5.36. The number of hydrogen-bond acceptors (Lipinski definition) is 8. The van der Waals surface area contributed by atoms with Crippen molar-refractivity contribution in [2.45, 2.75) is 12.8 Å². The topological polar surface area (TPSA) is 104 Å². The van der Waals surface area contributed by atoms with Crippen LogP contribution >= 0.6 is 22.9 Å². The molecular formula is C23H18ClN3O5S. The Balaban J connectivity index is 1.19. The van der Waals surface area contributed by atoms with Crippen LogP contribution in [0.1, 0.15) is 12.3 Å². The first-order chi connectivity index (χ1) is 16.1. The van der Waals surface area contributed by atoms with E-state index in [1.165, 1.54) is 11.3 Å². The van der Waals surface area contributed by atoms with E-state index in [0.717, 1.165) is 5.56 Å². The number of nitrogens with zero attached hydrogens (tertiary/aromatic N) is 2. The highest BCUT2D eigenvalue weighted by Gasteiger charge is 2.13. The smallest absolute Gasteiger partial charge is 0.306 e. The summed E-state index contributed by atoms with van der Waals surface area (Å²) < 4.78 is 15.9. The van der Waals surface area contributed by atoms with E-state index in [1.807, 2.05) is 29.0 Å². The van der Waals surface area contributed by atoms with Gasteiger partial charge in [0.05, 0.1) is 11.4 Å². The Kier molecular flexibility index (Phi) is 7.33. The average molecular weight is 484 g/mol. The third kappa shape index (κ3) is 6.41. The highest BCUT2D eigenvalue weighted by atomic mass is 35.5. The first-order valence-corrected chi connectivity index (χ1v) is 11.2. The summed E-state index contributed by atoms with van der Waals surface area (Å²) in [5.74, 6) is 0.908. The van der Waals surface area contributed by atoms with Crippen molar-refractivity contribution in [3.05, 3.63) is 76.3 Å². The molecule has 2 heterocycles. The fourth-order valence-corrected chi connectivity index (χ4v) is 3.56. The summed E-state index contributed by atoms with van der Waals surface area (Å²) in [5, 5.41) is 10.9. The molecule has 4 rings (SSSR count). The monoisotopic (exact) mass is 483 g/mol. The third-order valence-electron chi connectivity index (χ3n) is 4.36. The van der Waals surface area contributed by atoms with Gasteiger partial charge in [0.25, 0.3) is 5.91 Å². The molecule has 0 saturated heterocycles. The van der Waals surface area contributed by atoms with Crippen molar-refractivity contribution in [2.75, 3.05) is 11.9 Å². The van der Waals surface area contributed by atoms with Crippen LogP contribution in [0.15, 0.2) is 69.9 Å². The minimum atomic E-state index is -0.538. The van der Waals surface area contributed by atoms with E-state index in [-0.39, 0.29) is 12.8 Å². The summed E-state index contributed by atoms with van der Waals surface area (Å²) in [6.07, 6.45) is 0.247. The molecule has 33 heavy (non-hydrogen) atoms. The standard InChI is InChI=1S/C23H18ClN3O5S/c24-18-3-1-2-4-19(18)31-17-7-5-16(6-8-17)25-20(28)13-30-22(29)10-9-21-26-23(27-32-21)15-11-12-33-14-15/h1-8,11-12,14H,9-10,13H2,(H,25,28). The van der Waals surface area contributed by atoms with E-state index >= 15 is 0 Å². The fourth-order valence-electron chi connectivity index (χ4n) is 2.75. The zero-order valence-electron chi connectivity index (χ0n) is 17.2. The van der Waals surface area contributed by atoms with Gasteiger partial charge in [0.2, 0.25) is 11.7 Å². The lowest BCUT2D eigenvalue weighted by Crippen LogP contribution is -2.21. The Morgan fingerprint density at radius 1 is 1.09 bits per heavy atom. The number of anilines is 1. The van der Waals surface area contributed by atoms with Gasteiger partial charge in [-0.3, -0.25) is 9.59 Å². The minimum Gasteiger partial charge on any atom is -0.456 e. The number of aromatic nitrogens is 2. The van der Waals surface area contributed by atoms with Gasteiger partial charge in [0, 0.05) is 23.1 Å². The highest BCUT2D eigenvalue weighted by Crippen LogP contribution is 2.29. The van der Waals surface area contributed by atoms with Crippen LogP contribution in [0.25, 0.3) is 11.4 Å². The molecule has 168 valence electrons. The van der Waals surface area contributed by atoms with Gasteiger partial charge in [-0.15, -0.1) is 0 Å². The molecule has 0 radical (unpaired) electrons. The molecule has 2 aromatic heterocycles. The van der Waals surface area contributed by atoms with Crippen molar-refractivity contribution in [1.82, 2.24) is 10.1 Å². The van der Waals surface area contributed by atoms with Crippen molar-refractivity contribution in [1.29, 1.82) is 0 Å². The van der Waals surface area contributed by atoms with Gasteiger partial charge in [0.15, 0.2) is 6.61 Å². The molecule has 2 aromatic carbocycles. The molecule has 1 amide bonds. The third-order valence-corrected chi connectivity index (χ3v) is 5.35. The Labute approximate surface area is 198 Å². The molecular weight excluding hydrogens is 466 g/mol. The summed E-state index contributed by atoms with van der Waals surface area (Å²) in [5.41, 5.74) is 1.40. The van der Waals surface area contributed by atoms with Crippen molar-refractivity contribution >= 4 is 40.5 Å². The molecule has 4 aromatic rings. The number of benzene rings is 2. The summed E-state index contributed by atoms with van der Waals surface area (Å²) in [6.45, 7) is -0.402. The predicted molar refractivity (Wildman–Crippen MR) is 123 cm³/mol. The molecule has 0 aliphatic carbocycles. The van der Waals surface area contributed by atoms with Crippen LogP contribution < -0.4 is 10.1 Å². The first-order valence-electron chi connectivity index (χ1n) is 9.90. The van der Waals surface area contributed by atoms with Gasteiger partial charge >= 0.3 is 5.97 Å². The molecule has 10 heteroatoms. The van der Waals surface area contributed by atoms with Crippen LogP contribution in [0, 0.1) is 0 Å². The molecule has 0 bridgehead atoms. The zero-order chi connectivity index (χ0) is 23.0. The van der Waals surface area contributed by atoms with Gasteiger partial charge in [-0.2, -0.15) is 16.3 Å². The number of amides is 1. The molecule has 1 N–H and O–H groups in total.